The number of carbonyl (C=O) groups excluding carboxylic acids is 2. The highest BCUT2D eigenvalue weighted by Crippen LogP contribution is 2.37. The molecule has 0 aromatic heterocycles. The average molecular weight is 266 g/mol. The lowest BCUT2D eigenvalue weighted by molar-refractivity contribution is -0.131. The molecule has 0 radical (unpaired) electrons. The van der Waals surface area contributed by atoms with Crippen molar-refractivity contribution >= 4 is 11.8 Å². The molecule has 0 bridgehead atoms. The van der Waals surface area contributed by atoms with Crippen molar-refractivity contribution in [3.63, 3.8) is 0 Å². The van der Waals surface area contributed by atoms with Gasteiger partial charge < -0.3 is 10.2 Å². The largest absolute Gasteiger partial charge is 0.354 e. The van der Waals surface area contributed by atoms with Gasteiger partial charge in [0.15, 0.2) is 0 Å². The van der Waals surface area contributed by atoms with E-state index in [1.54, 1.807) is 7.05 Å². The molecule has 19 heavy (non-hydrogen) atoms. The van der Waals surface area contributed by atoms with Crippen LogP contribution in [-0.4, -0.2) is 36.9 Å². The van der Waals surface area contributed by atoms with Gasteiger partial charge in [-0.3, -0.25) is 9.59 Å². The van der Waals surface area contributed by atoms with Crippen molar-refractivity contribution in [3.05, 3.63) is 12.7 Å². The number of likely N-dealkylation sites (N-methyl/N-ethyl adjacent to an activating group) is 1. The van der Waals surface area contributed by atoms with Crippen molar-refractivity contribution in [2.45, 2.75) is 39.5 Å². The Morgan fingerprint density at radius 2 is 1.95 bits per heavy atom. The first-order valence-electron chi connectivity index (χ1n) is 6.98. The maximum Gasteiger partial charge on any atom is 0.246 e. The number of carbonyl (C=O) groups is 2. The van der Waals surface area contributed by atoms with E-state index in [0.717, 1.165) is 6.54 Å². The number of nitrogens with zero attached hydrogens (tertiary/aromatic N) is 1. The normalized spacial score (nSPS) is 18.7. The van der Waals surface area contributed by atoms with Crippen LogP contribution in [0.25, 0.3) is 0 Å². The quantitative estimate of drug-likeness (QED) is 0.773. The van der Waals surface area contributed by atoms with Crippen LogP contribution in [0.15, 0.2) is 12.7 Å². The maximum absolute atomic E-state index is 11.7. The van der Waals surface area contributed by atoms with Crippen LogP contribution in [-0.2, 0) is 9.59 Å². The Morgan fingerprint density at radius 3 is 2.47 bits per heavy atom. The monoisotopic (exact) mass is 266 g/mol. The molecule has 1 fully saturated rings. The van der Waals surface area contributed by atoms with E-state index in [9.17, 15) is 9.59 Å². The summed E-state index contributed by atoms with van der Waals surface area (Å²) in [5.41, 5.74) is 0.455. The summed E-state index contributed by atoms with van der Waals surface area (Å²) in [7, 11) is 1.60. The summed E-state index contributed by atoms with van der Waals surface area (Å²) in [6.07, 6.45) is 6.02. The highest BCUT2D eigenvalue weighted by molar-refractivity contribution is 5.90. The number of nitrogens with one attached hydrogen (secondary N) is 1. The highest BCUT2D eigenvalue weighted by Gasteiger charge is 2.26. The van der Waals surface area contributed by atoms with E-state index < -0.39 is 0 Å². The van der Waals surface area contributed by atoms with Gasteiger partial charge in [0.2, 0.25) is 11.8 Å². The molecule has 0 heterocycles. The van der Waals surface area contributed by atoms with E-state index in [2.05, 4.69) is 25.7 Å². The van der Waals surface area contributed by atoms with Crippen LogP contribution in [0.4, 0.5) is 0 Å². The summed E-state index contributed by atoms with van der Waals surface area (Å²) in [6, 6.07) is 0. The Balaban J connectivity index is 2.24. The van der Waals surface area contributed by atoms with Gasteiger partial charge in [-0.1, -0.05) is 20.4 Å². The van der Waals surface area contributed by atoms with Gasteiger partial charge in [0, 0.05) is 13.6 Å². The molecular weight excluding hydrogens is 240 g/mol. The summed E-state index contributed by atoms with van der Waals surface area (Å²) < 4.78 is 0. The smallest absolute Gasteiger partial charge is 0.246 e. The minimum absolute atomic E-state index is 0.0949. The second kappa shape index (κ2) is 6.73. The molecule has 108 valence electrons. The molecular formula is C15H26N2O2. The second-order valence-corrected chi connectivity index (χ2v) is 6.31. The van der Waals surface area contributed by atoms with E-state index in [1.165, 1.54) is 36.7 Å². The summed E-state index contributed by atoms with van der Waals surface area (Å²) in [4.78, 5) is 24.3. The minimum atomic E-state index is -0.227. The standard InChI is InChI=1S/C15H26N2O2/c1-5-14(19)17(4)11-13(18)16-10-12-6-8-15(2,3)9-7-12/h5,12H,1,6-11H2,2-4H3,(H,16,18). The van der Waals surface area contributed by atoms with Crippen molar-refractivity contribution < 1.29 is 9.59 Å². The van der Waals surface area contributed by atoms with Crippen LogP contribution >= 0.6 is 0 Å². The fourth-order valence-electron chi connectivity index (χ4n) is 2.43. The molecule has 0 spiro atoms. The fraction of sp³-hybridized carbons (Fsp3) is 0.733. The van der Waals surface area contributed by atoms with Gasteiger partial charge in [0.05, 0.1) is 6.54 Å². The predicted molar refractivity (Wildman–Crippen MR) is 76.6 cm³/mol. The zero-order valence-electron chi connectivity index (χ0n) is 12.4. The Kier molecular flexibility index (Phi) is 5.58. The van der Waals surface area contributed by atoms with Crippen LogP contribution in [0.3, 0.4) is 0 Å². The van der Waals surface area contributed by atoms with Crippen LogP contribution in [0, 0.1) is 11.3 Å². The molecule has 0 unspecified atom stereocenters. The molecule has 0 aliphatic heterocycles. The van der Waals surface area contributed by atoms with Crippen molar-refractivity contribution in [1.29, 1.82) is 0 Å². The molecule has 1 aliphatic carbocycles. The summed E-state index contributed by atoms with van der Waals surface area (Å²) in [6.45, 7) is 8.83. The highest BCUT2D eigenvalue weighted by atomic mass is 16.2. The first-order valence-corrected chi connectivity index (χ1v) is 6.98. The fourth-order valence-corrected chi connectivity index (χ4v) is 2.43. The van der Waals surface area contributed by atoms with Crippen LogP contribution < -0.4 is 5.32 Å². The van der Waals surface area contributed by atoms with Crippen LogP contribution in [0.5, 0.6) is 0 Å². The van der Waals surface area contributed by atoms with E-state index >= 15 is 0 Å². The first-order chi connectivity index (χ1) is 8.84. The number of rotatable bonds is 5. The van der Waals surface area contributed by atoms with Crippen LogP contribution in [0.2, 0.25) is 0 Å². The molecule has 0 aromatic carbocycles. The SMILES string of the molecule is C=CC(=O)N(C)CC(=O)NCC1CCC(C)(C)CC1. The molecule has 1 saturated carbocycles. The zero-order chi connectivity index (χ0) is 14.5. The van der Waals surface area contributed by atoms with Crippen molar-refractivity contribution in [2.75, 3.05) is 20.1 Å². The Labute approximate surface area is 116 Å². The topological polar surface area (TPSA) is 49.4 Å². The summed E-state index contributed by atoms with van der Waals surface area (Å²) in [5, 5.41) is 2.92. The van der Waals surface area contributed by atoms with Gasteiger partial charge in [0.1, 0.15) is 0 Å². The van der Waals surface area contributed by atoms with E-state index in [1.807, 2.05) is 0 Å². The third-order valence-corrected chi connectivity index (χ3v) is 3.98. The lowest BCUT2D eigenvalue weighted by atomic mass is 9.73. The Hall–Kier alpha value is -1.32. The molecule has 4 heteroatoms. The molecule has 2 amide bonds. The second-order valence-electron chi connectivity index (χ2n) is 6.31. The van der Waals surface area contributed by atoms with Gasteiger partial charge in [-0.25, -0.2) is 0 Å². The van der Waals surface area contributed by atoms with E-state index in [0.29, 0.717) is 11.3 Å². The number of hydrogen-bond donors (Lipinski definition) is 1. The molecule has 0 aromatic rings. The average Bonchev–Trinajstić information content (AvgIpc) is 2.36. The van der Waals surface area contributed by atoms with E-state index in [-0.39, 0.29) is 18.4 Å². The minimum Gasteiger partial charge on any atom is -0.354 e. The molecule has 1 aliphatic rings. The van der Waals surface area contributed by atoms with Crippen LogP contribution in [0.1, 0.15) is 39.5 Å². The van der Waals surface area contributed by atoms with Gasteiger partial charge in [-0.05, 0) is 43.1 Å². The molecule has 1 rings (SSSR count). The van der Waals surface area contributed by atoms with Crippen molar-refractivity contribution in [1.82, 2.24) is 10.2 Å². The van der Waals surface area contributed by atoms with Gasteiger partial charge in [0.25, 0.3) is 0 Å². The number of hydrogen-bond acceptors (Lipinski definition) is 2. The molecule has 1 N–H and O–H groups in total. The van der Waals surface area contributed by atoms with Gasteiger partial charge in [-0.2, -0.15) is 0 Å². The third-order valence-electron chi connectivity index (χ3n) is 3.98. The summed E-state index contributed by atoms with van der Waals surface area (Å²) in [5.74, 6) is 0.259. The molecule has 0 atom stereocenters. The third kappa shape index (κ3) is 5.45. The van der Waals surface area contributed by atoms with E-state index in [4.69, 9.17) is 0 Å². The van der Waals surface area contributed by atoms with Crippen molar-refractivity contribution in [2.24, 2.45) is 11.3 Å². The molecule has 0 saturated heterocycles. The predicted octanol–water partition coefficient (Wildman–Crippen LogP) is 1.96. The zero-order valence-corrected chi connectivity index (χ0v) is 12.4. The van der Waals surface area contributed by atoms with Crippen molar-refractivity contribution in [3.8, 4) is 0 Å². The Morgan fingerprint density at radius 1 is 1.37 bits per heavy atom. The Bertz CT molecular complexity index is 340. The maximum atomic E-state index is 11.7. The number of amides is 2. The lowest BCUT2D eigenvalue weighted by Gasteiger charge is -2.34. The van der Waals surface area contributed by atoms with Gasteiger partial charge >= 0.3 is 0 Å². The summed E-state index contributed by atoms with van der Waals surface area (Å²) >= 11 is 0. The van der Waals surface area contributed by atoms with Gasteiger partial charge in [-0.15, -0.1) is 0 Å². The lowest BCUT2D eigenvalue weighted by Crippen LogP contribution is -2.40. The first kappa shape index (κ1) is 15.7. The molecule has 4 nitrogen and oxygen atoms in total.